The first-order chi connectivity index (χ1) is 4.83. The average molecular weight is 179 g/mol. The molecule has 0 aromatic rings. The molecule has 1 amide bonds. The summed E-state index contributed by atoms with van der Waals surface area (Å²) >= 11 is 0. The Morgan fingerprint density at radius 1 is 1.73 bits per heavy atom. The molecule has 0 saturated carbocycles. The summed E-state index contributed by atoms with van der Waals surface area (Å²) in [6.07, 6.45) is 1.83. The average Bonchev–Trinajstić information content (AvgIpc) is 2.40. The van der Waals surface area contributed by atoms with Crippen molar-refractivity contribution in [2.75, 3.05) is 20.1 Å². The molecular formula is C7H15ClN2O. The molecule has 1 aliphatic rings. The Morgan fingerprint density at radius 2 is 2.45 bits per heavy atom. The zero-order valence-corrected chi connectivity index (χ0v) is 7.54. The van der Waals surface area contributed by atoms with Crippen molar-refractivity contribution >= 4 is 18.3 Å². The third-order valence-corrected chi connectivity index (χ3v) is 1.92. The Morgan fingerprint density at radius 3 is 2.91 bits per heavy atom. The lowest BCUT2D eigenvalue weighted by Crippen LogP contribution is -2.22. The fourth-order valence-corrected chi connectivity index (χ4v) is 1.25. The Balaban J connectivity index is 0.000001000. The fourth-order valence-electron chi connectivity index (χ4n) is 1.25. The largest absolute Gasteiger partial charge is 0.359 e. The van der Waals surface area contributed by atoms with Gasteiger partial charge in [0.25, 0.3) is 0 Å². The number of carbonyl (C=O) groups is 1. The van der Waals surface area contributed by atoms with Crippen molar-refractivity contribution in [2.45, 2.75) is 12.8 Å². The molecule has 2 N–H and O–H groups in total. The smallest absolute Gasteiger partial charge is 0.220 e. The van der Waals surface area contributed by atoms with Gasteiger partial charge in [-0.1, -0.05) is 0 Å². The highest BCUT2D eigenvalue weighted by Crippen LogP contribution is 2.10. The number of hydrogen-bond acceptors (Lipinski definition) is 2. The summed E-state index contributed by atoms with van der Waals surface area (Å²) in [7, 11) is 1.69. The van der Waals surface area contributed by atoms with E-state index < -0.39 is 0 Å². The molecule has 0 spiro atoms. The normalized spacial score (nSPS) is 22.5. The highest BCUT2D eigenvalue weighted by atomic mass is 35.5. The van der Waals surface area contributed by atoms with Gasteiger partial charge in [-0.25, -0.2) is 0 Å². The zero-order chi connectivity index (χ0) is 7.40. The van der Waals surface area contributed by atoms with Gasteiger partial charge in [-0.05, 0) is 25.4 Å². The van der Waals surface area contributed by atoms with Crippen LogP contribution < -0.4 is 10.6 Å². The van der Waals surface area contributed by atoms with E-state index in [0.29, 0.717) is 12.3 Å². The number of carbonyl (C=O) groups excluding carboxylic acids is 1. The van der Waals surface area contributed by atoms with Crippen molar-refractivity contribution in [3.63, 3.8) is 0 Å². The maximum absolute atomic E-state index is 10.8. The second kappa shape index (κ2) is 5.38. The molecular weight excluding hydrogens is 164 g/mol. The molecule has 1 fully saturated rings. The number of amides is 1. The molecule has 1 heterocycles. The van der Waals surface area contributed by atoms with Gasteiger partial charge in [-0.3, -0.25) is 4.79 Å². The van der Waals surface area contributed by atoms with Crippen LogP contribution in [0.25, 0.3) is 0 Å². The summed E-state index contributed by atoms with van der Waals surface area (Å²) in [4.78, 5) is 10.8. The van der Waals surface area contributed by atoms with Gasteiger partial charge in [-0.2, -0.15) is 0 Å². The molecule has 1 saturated heterocycles. The summed E-state index contributed by atoms with van der Waals surface area (Å²) in [5, 5.41) is 5.85. The van der Waals surface area contributed by atoms with Crippen molar-refractivity contribution in [3.05, 3.63) is 0 Å². The Bertz CT molecular complexity index is 124. The van der Waals surface area contributed by atoms with Crippen LogP contribution in [0.15, 0.2) is 0 Å². The third-order valence-electron chi connectivity index (χ3n) is 1.92. The maximum Gasteiger partial charge on any atom is 0.220 e. The van der Waals surface area contributed by atoms with Gasteiger partial charge < -0.3 is 10.6 Å². The maximum atomic E-state index is 10.8. The molecule has 11 heavy (non-hydrogen) atoms. The van der Waals surface area contributed by atoms with E-state index >= 15 is 0 Å². The second-order valence-electron chi connectivity index (χ2n) is 2.74. The van der Waals surface area contributed by atoms with E-state index in [9.17, 15) is 4.79 Å². The molecule has 0 bridgehead atoms. The van der Waals surface area contributed by atoms with Crippen molar-refractivity contribution in [2.24, 2.45) is 5.92 Å². The Hall–Kier alpha value is -0.280. The molecule has 0 aliphatic carbocycles. The fraction of sp³-hybridized carbons (Fsp3) is 0.857. The van der Waals surface area contributed by atoms with Crippen LogP contribution >= 0.6 is 12.4 Å². The van der Waals surface area contributed by atoms with Crippen molar-refractivity contribution in [3.8, 4) is 0 Å². The van der Waals surface area contributed by atoms with Crippen molar-refractivity contribution < 1.29 is 4.79 Å². The van der Waals surface area contributed by atoms with Gasteiger partial charge in [0.05, 0.1) is 0 Å². The van der Waals surface area contributed by atoms with Gasteiger partial charge in [0.2, 0.25) is 5.91 Å². The Kier molecular flexibility index (Phi) is 5.24. The summed E-state index contributed by atoms with van der Waals surface area (Å²) < 4.78 is 0. The molecule has 0 aromatic carbocycles. The molecule has 3 nitrogen and oxygen atoms in total. The highest BCUT2D eigenvalue weighted by molar-refractivity contribution is 5.85. The van der Waals surface area contributed by atoms with E-state index in [1.54, 1.807) is 7.05 Å². The first-order valence-corrected chi connectivity index (χ1v) is 3.74. The summed E-state index contributed by atoms with van der Waals surface area (Å²) in [5.74, 6) is 0.730. The topological polar surface area (TPSA) is 41.1 Å². The lowest BCUT2D eigenvalue weighted by atomic mass is 10.1. The predicted octanol–water partition coefficient (Wildman–Crippen LogP) is 0.154. The van der Waals surface area contributed by atoms with E-state index in [0.717, 1.165) is 19.5 Å². The lowest BCUT2D eigenvalue weighted by Gasteiger charge is -2.04. The van der Waals surface area contributed by atoms with Crippen LogP contribution in [0.2, 0.25) is 0 Å². The highest BCUT2D eigenvalue weighted by Gasteiger charge is 2.16. The van der Waals surface area contributed by atoms with Crippen LogP contribution in [0, 0.1) is 5.92 Å². The third kappa shape index (κ3) is 3.58. The quantitative estimate of drug-likeness (QED) is 0.633. The number of nitrogens with one attached hydrogen (secondary N) is 2. The predicted molar refractivity (Wildman–Crippen MR) is 46.9 cm³/mol. The van der Waals surface area contributed by atoms with Gasteiger partial charge in [0.1, 0.15) is 0 Å². The monoisotopic (exact) mass is 178 g/mol. The number of hydrogen-bond donors (Lipinski definition) is 2. The molecule has 0 radical (unpaired) electrons. The van der Waals surface area contributed by atoms with E-state index in [2.05, 4.69) is 10.6 Å². The van der Waals surface area contributed by atoms with Gasteiger partial charge in [-0.15, -0.1) is 12.4 Å². The minimum Gasteiger partial charge on any atom is -0.359 e. The van der Waals surface area contributed by atoms with E-state index in [1.165, 1.54) is 0 Å². The van der Waals surface area contributed by atoms with Crippen LogP contribution in [-0.2, 0) is 4.79 Å². The molecule has 1 aliphatic heterocycles. The van der Waals surface area contributed by atoms with Crippen molar-refractivity contribution in [1.82, 2.24) is 10.6 Å². The molecule has 1 rings (SSSR count). The van der Waals surface area contributed by atoms with E-state index in [4.69, 9.17) is 0 Å². The van der Waals surface area contributed by atoms with Crippen LogP contribution in [0.1, 0.15) is 12.8 Å². The number of rotatable bonds is 2. The number of halogens is 1. The van der Waals surface area contributed by atoms with Crippen LogP contribution in [-0.4, -0.2) is 26.0 Å². The minimum atomic E-state index is 0. The SMILES string of the molecule is CNC(=O)CC1CCNC1.Cl. The summed E-state index contributed by atoms with van der Waals surface area (Å²) in [6.45, 7) is 2.08. The minimum absolute atomic E-state index is 0. The van der Waals surface area contributed by atoms with Crippen LogP contribution in [0.3, 0.4) is 0 Å². The first kappa shape index (κ1) is 10.7. The van der Waals surface area contributed by atoms with Gasteiger partial charge in [0, 0.05) is 13.5 Å². The summed E-state index contributed by atoms with van der Waals surface area (Å²) in [5.41, 5.74) is 0. The van der Waals surface area contributed by atoms with Crippen LogP contribution in [0.4, 0.5) is 0 Å². The van der Waals surface area contributed by atoms with Crippen molar-refractivity contribution in [1.29, 1.82) is 0 Å². The van der Waals surface area contributed by atoms with E-state index in [-0.39, 0.29) is 18.3 Å². The lowest BCUT2D eigenvalue weighted by molar-refractivity contribution is -0.121. The second-order valence-corrected chi connectivity index (χ2v) is 2.74. The molecule has 1 unspecified atom stereocenters. The summed E-state index contributed by atoms with van der Waals surface area (Å²) in [6, 6.07) is 0. The van der Waals surface area contributed by atoms with Crippen LogP contribution in [0.5, 0.6) is 0 Å². The standard InChI is InChI=1S/C7H14N2O.ClH/c1-8-7(10)4-6-2-3-9-5-6;/h6,9H,2-5H2,1H3,(H,8,10);1H. The molecule has 4 heteroatoms. The van der Waals surface area contributed by atoms with E-state index in [1.807, 2.05) is 0 Å². The molecule has 66 valence electrons. The zero-order valence-electron chi connectivity index (χ0n) is 6.72. The molecule has 0 aromatic heterocycles. The Labute approximate surface area is 73.3 Å². The first-order valence-electron chi connectivity index (χ1n) is 3.74. The molecule has 1 atom stereocenters. The van der Waals surface area contributed by atoms with Gasteiger partial charge >= 0.3 is 0 Å². The van der Waals surface area contributed by atoms with Gasteiger partial charge in [0.15, 0.2) is 0 Å².